The number of benzene rings is 2. The van der Waals surface area contributed by atoms with Crippen LogP contribution in [0.1, 0.15) is 49.7 Å². The van der Waals surface area contributed by atoms with E-state index in [1.807, 2.05) is 31.2 Å². The Morgan fingerprint density at radius 3 is 2.21 bits per heavy atom. The zero-order chi connectivity index (χ0) is 23.5. The Morgan fingerprint density at radius 1 is 1.06 bits per heavy atom. The lowest BCUT2D eigenvalue weighted by Gasteiger charge is -2.39. The summed E-state index contributed by atoms with van der Waals surface area (Å²) in [6.45, 7) is 2.10. The third kappa shape index (κ3) is 4.87. The first-order valence-corrected chi connectivity index (χ1v) is 11.4. The Bertz CT molecular complexity index is 1000. The zero-order valence-electron chi connectivity index (χ0n) is 19.0. The molecule has 2 aromatic rings. The summed E-state index contributed by atoms with van der Waals surface area (Å²) in [5.41, 5.74) is 4.68. The number of aliphatic carboxylic acids is 1. The Hall–Kier alpha value is -3.35. The van der Waals surface area contributed by atoms with Gasteiger partial charge in [-0.25, -0.2) is 4.79 Å². The maximum absolute atomic E-state index is 12.4. The standard InChI is InChI=1S/C26H30N2O5/c1-16(11-12-24(29)28(2)18-13-17(14-18)25(30)31)27-26(32)33-15-23-21-9-5-3-7-19(21)20-8-4-6-10-22(20)23/h3-10,16-18,23H,11-15H2,1-2H3,(H,27,32)(H,30,31). The third-order valence-electron chi connectivity index (χ3n) is 6.90. The molecule has 1 saturated carbocycles. The van der Waals surface area contributed by atoms with Crippen LogP contribution in [0.25, 0.3) is 11.1 Å². The lowest BCUT2D eigenvalue weighted by molar-refractivity contribution is -0.150. The molecule has 1 atom stereocenters. The lowest BCUT2D eigenvalue weighted by atomic mass is 9.79. The molecule has 0 saturated heterocycles. The maximum atomic E-state index is 12.4. The predicted octanol–water partition coefficient (Wildman–Crippen LogP) is 4.02. The molecule has 1 unspecified atom stereocenters. The van der Waals surface area contributed by atoms with E-state index < -0.39 is 12.1 Å². The summed E-state index contributed by atoms with van der Waals surface area (Å²) in [7, 11) is 1.72. The molecular formula is C26H30N2O5. The van der Waals surface area contributed by atoms with Crippen molar-refractivity contribution < 1.29 is 24.2 Å². The molecule has 2 amide bonds. The number of carbonyl (C=O) groups is 3. The second-order valence-electron chi connectivity index (χ2n) is 9.07. The summed E-state index contributed by atoms with van der Waals surface area (Å²) in [6.07, 6.45) is 1.29. The normalized spacial score (nSPS) is 19.6. The molecule has 0 bridgehead atoms. The molecule has 2 aromatic carbocycles. The van der Waals surface area contributed by atoms with Crippen molar-refractivity contribution in [2.45, 2.75) is 50.6 Å². The average Bonchev–Trinajstić information content (AvgIpc) is 3.08. The summed E-state index contributed by atoms with van der Waals surface area (Å²) < 4.78 is 5.56. The first-order valence-electron chi connectivity index (χ1n) is 11.4. The van der Waals surface area contributed by atoms with Crippen LogP contribution in [0.4, 0.5) is 4.79 Å². The summed E-state index contributed by atoms with van der Waals surface area (Å²) in [5.74, 6) is -1.18. The largest absolute Gasteiger partial charge is 0.481 e. The van der Waals surface area contributed by atoms with Crippen molar-refractivity contribution in [3.8, 4) is 11.1 Å². The fraction of sp³-hybridized carbons (Fsp3) is 0.423. The fourth-order valence-corrected chi connectivity index (χ4v) is 4.74. The van der Waals surface area contributed by atoms with Crippen LogP contribution in [0.5, 0.6) is 0 Å². The van der Waals surface area contributed by atoms with E-state index in [1.165, 1.54) is 11.1 Å². The van der Waals surface area contributed by atoms with E-state index in [-0.39, 0.29) is 42.9 Å². The second-order valence-corrected chi connectivity index (χ2v) is 9.07. The number of carbonyl (C=O) groups excluding carboxylic acids is 2. The number of carboxylic acid groups (broad SMARTS) is 1. The molecule has 7 heteroatoms. The number of nitrogens with one attached hydrogen (secondary N) is 1. The number of hydrogen-bond donors (Lipinski definition) is 2. The van der Waals surface area contributed by atoms with E-state index in [0.29, 0.717) is 19.3 Å². The number of rotatable bonds is 8. The number of amides is 2. The number of fused-ring (bicyclic) bond motifs is 3. The van der Waals surface area contributed by atoms with Gasteiger partial charge in [0.25, 0.3) is 0 Å². The van der Waals surface area contributed by atoms with Crippen molar-refractivity contribution in [1.29, 1.82) is 0 Å². The minimum atomic E-state index is -0.798. The summed E-state index contributed by atoms with van der Waals surface area (Å²) >= 11 is 0. The molecule has 1 fully saturated rings. The average molecular weight is 451 g/mol. The number of alkyl carbamates (subject to hydrolysis) is 1. The van der Waals surface area contributed by atoms with Gasteiger partial charge in [0, 0.05) is 31.5 Å². The van der Waals surface area contributed by atoms with Crippen LogP contribution < -0.4 is 5.32 Å². The van der Waals surface area contributed by atoms with Crippen molar-refractivity contribution in [3.63, 3.8) is 0 Å². The Kier molecular flexibility index (Phi) is 6.67. The van der Waals surface area contributed by atoms with E-state index in [2.05, 4.69) is 29.6 Å². The maximum Gasteiger partial charge on any atom is 0.407 e. The van der Waals surface area contributed by atoms with Gasteiger partial charge in [-0.05, 0) is 48.4 Å². The van der Waals surface area contributed by atoms with Crippen molar-refractivity contribution >= 4 is 18.0 Å². The number of carboxylic acids is 1. The van der Waals surface area contributed by atoms with Crippen molar-refractivity contribution in [3.05, 3.63) is 59.7 Å². The van der Waals surface area contributed by atoms with Gasteiger partial charge in [-0.2, -0.15) is 0 Å². The molecule has 7 nitrogen and oxygen atoms in total. The molecule has 2 aliphatic rings. The van der Waals surface area contributed by atoms with Gasteiger partial charge in [-0.3, -0.25) is 9.59 Å². The smallest absolute Gasteiger partial charge is 0.407 e. The van der Waals surface area contributed by atoms with Gasteiger partial charge in [0.1, 0.15) is 6.61 Å². The Morgan fingerprint density at radius 2 is 1.64 bits per heavy atom. The summed E-state index contributed by atoms with van der Waals surface area (Å²) in [5, 5.41) is 11.8. The zero-order valence-corrected chi connectivity index (χ0v) is 19.0. The molecule has 174 valence electrons. The SMILES string of the molecule is CC(CCC(=O)N(C)C1CC(C(=O)O)C1)NC(=O)OCC1c2ccccc2-c2ccccc21. The van der Waals surface area contributed by atoms with E-state index in [4.69, 9.17) is 9.84 Å². The molecule has 0 aromatic heterocycles. The molecule has 0 heterocycles. The van der Waals surface area contributed by atoms with E-state index in [1.54, 1.807) is 11.9 Å². The van der Waals surface area contributed by atoms with Crippen molar-refractivity contribution in [2.75, 3.05) is 13.7 Å². The van der Waals surface area contributed by atoms with Crippen molar-refractivity contribution in [1.82, 2.24) is 10.2 Å². The minimum absolute atomic E-state index is 0.00536. The molecule has 4 rings (SSSR count). The number of hydrogen-bond acceptors (Lipinski definition) is 4. The first-order chi connectivity index (χ1) is 15.8. The quantitative estimate of drug-likeness (QED) is 0.633. The van der Waals surface area contributed by atoms with Crippen molar-refractivity contribution in [2.24, 2.45) is 5.92 Å². The molecule has 2 N–H and O–H groups in total. The minimum Gasteiger partial charge on any atom is -0.481 e. The van der Waals surface area contributed by atoms with Crippen LogP contribution >= 0.6 is 0 Å². The van der Waals surface area contributed by atoms with Crippen LogP contribution in [0.2, 0.25) is 0 Å². The van der Waals surface area contributed by atoms with E-state index in [0.717, 1.165) is 11.1 Å². The molecule has 33 heavy (non-hydrogen) atoms. The summed E-state index contributed by atoms with van der Waals surface area (Å²) in [4.78, 5) is 37.4. The first kappa shape index (κ1) is 22.8. The van der Waals surface area contributed by atoms with Crippen LogP contribution in [-0.2, 0) is 14.3 Å². The van der Waals surface area contributed by atoms with Crippen LogP contribution in [0.15, 0.2) is 48.5 Å². The van der Waals surface area contributed by atoms with E-state index >= 15 is 0 Å². The highest BCUT2D eigenvalue weighted by atomic mass is 16.5. The van der Waals surface area contributed by atoms with Gasteiger partial charge in [0.15, 0.2) is 0 Å². The van der Waals surface area contributed by atoms with Gasteiger partial charge in [-0.1, -0.05) is 48.5 Å². The highest BCUT2D eigenvalue weighted by molar-refractivity contribution is 5.79. The highest BCUT2D eigenvalue weighted by Crippen LogP contribution is 2.44. The lowest BCUT2D eigenvalue weighted by Crippen LogP contribution is -2.48. The topological polar surface area (TPSA) is 95.9 Å². The fourth-order valence-electron chi connectivity index (χ4n) is 4.74. The van der Waals surface area contributed by atoms with Gasteiger partial charge < -0.3 is 20.1 Å². The van der Waals surface area contributed by atoms with Gasteiger partial charge in [0.2, 0.25) is 5.91 Å². The number of nitrogens with zero attached hydrogens (tertiary/aromatic N) is 1. The Labute approximate surface area is 193 Å². The third-order valence-corrected chi connectivity index (χ3v) is 6.90. The van der Waals surface area contributed by atoms with Crippen LogP contribution in [0.3, 0.4) is 0 Å². The molecular weight excluding hydrogens is 420 g/mol. The molecule has 2 aliphatic carbocycles. The van der Waals surface area contributed by atoms with Gasteiger partial charge in [-0.15, -0.1) is 0 Å². The molecule has 0 radical (unpaired) electrons. The molecule has 0 aliphatic heterocycles. The summed E-state index contributed by atoms with van der Waals surface area (Å²) in [6, 6.07) is 16.1. The van der Waals surface area contributed by atoms with Gasteiger partial charge >= 0.3 is 12.1 Å². The van der Waals surface area contributed by atoms with Gasteiger partial charge in [0.05, 0.1) is 5.92 Å². The van der Waals surface area contributed by atoms with Crippen LogP contribution in [-0.4, -0.2) is 53.7 Å². The highest BCUT2D eigenvalue weighted by Gasteiger charge is 2.38. The van der Waals surface area contributed by atoms with Crippen LogP contribution in [0, 0.1) is 5.92 Å². The predicted molar refractivity (Wildman–Crippen MR) is 124 cm³/mol. The monoisotopic (exact) mass is 450 g/mol. The number of ether oxygens (including phenoxy) is 1. The molecule has 0 spiro atoms. The second kappa shape index (κ2) is 9.65. The Balaban J connectivity index is 1.23. The van der Waals surface area contributed by atoms with E-state index in [9.17, 15) is 14.4 Å².